The first-order valence-corrected chi connectivity index (χ1v) is 7.23. The maximum atomic E-state index is 3.45. The minimum atomic E-state index is 1.06. The molecule has 0 atom stereocenters. The Hall–Kier alpha value is -0.220. The molecular weight excluding hydrogens is 248 g/mol. The molecule has 1 heteroatoms. The predicted octanol–water partition coefficient (Wildman–Crippen LogP) is 5.08. The summed E-state index contributed by atoms with van der Waals surface area (Å²) in [6.07, 6.45) is 14.3. The molecule has 0 fully saturated rings. The number of hydrogen-bond donors (Lipinski definition) is 0. The van der Waals surface area contributed by atoms with Crippen LogP contribution in [0, 0.1) is 11.8 Å². The molecule has 0 bridgehead atoms. The summed E-state index contributed by atoms with van der Waals surface area (Å²) in [4.78, 5) is 0. The molecule has 0 aromatic carbocycles. The Labute approximate surface area is 104 Å². The van der Waals surface area contributed by atoms with E-state index in [-0.39, 0.29) is 0 Å². The first-order valence-electron chi connectivity index (χ1n) is 6.11. The molecule has 0 saturated carbocycles. The highest BCUT2D eigenvalue weighted by Crippen LogP contribution is 2.07. The molecule has 0 spiro atoms. The SMILES string of the molecule is CC/C=C\C#CCCCCCCCCBr. The van der Waals surface area contributed by atoms with Gasteiger partial charge in [-0.05, 0) is 25.3 Å². The molecule has 0 aromatic rings. The van der Waals surface area contributed by atoms with E-state index in [1.54, 1.807) is 0 Å². The van der Waals surface area contributed by atoms with Crippen LogP contribution in [0.2, 0.25) is 0 Å². The van der Waals surface area contributed by atoms with Crippen LogP contribution in [0.25, 0.3) is 0 Å². The third-order valence-electron chi connectivity index (χ3n) is 2.22. The Bertz CT molecular complexity index is 195. The lowest BCUT2D eigenvalue weighted by Crippen LogP contribution is -1.80. The van der Waals surface area contributed by atoms with Gasteiger partial charge < -0.3 is 0 Å². The molecule has 0 aliphatic carbocycles. The van der Waals surface area contributed by atoms with Crippen molar-refractivity contribution in [2.24, 2.45) is 0 Å². The molecule has 0 radical (unpaired) electrons. The number of alkyl halides is 1. The van der Waals surface area contributed by atoms with Gasteiger partial charge in [-0.25, -0.2) is 0 Å². The highest BCUT2D eigenvalue weighted by molar-refractivity contribution is 9.09. The average Bonchev–Trinajstić information content (AvgIpc) is 2.26. The second kappa shape index (κ2) is 13.8. The Morgan fingerprint density at radius 2 is 1.67 bits per heavy atom. The minimum Gasteiger partial charge on any atom is -0.0985 e. The third-order valence-corrected chi connectivity index (χ3v) is 2.79. The third kappa shape index (κ3) is 13.8. The van der Waals surface area contributed by atoms with Crippen LogP contribution in [0.15, 0.2) is 12.2 Å². The molecule has 86 valence electrons. The fourth-order valence-electron chi connectivity index (χ4n) is 1.32. The summed E-state index contributed by atoms with van der Waals surface area (Å²) >= 11 is 3.45. The van der Waals surface area contributed by atoms with E-state index < -0.39 is 0 Å². The molecule has 0 saturated heterocycles. The van der Waals surface area contributed by atoms with E-state index in [0.29, 0.717) is 0 Å². The van der Waals surface area contributed by atoms with Crippen LogP contribution in [0.3, 0.4) is 0 Å². The number of hydrogen-bond acceptors (Lipinski definition) is 0. The van der Waals surface area contributed by atoms with Crippen molar-refractivity contribution in [2.45, 2.75) is 58.3 Å². The van der Waals surface area contributed by atoms with Crippen molar-refractivity contribution in [3.63, 3.8) is 0 Å². The van der Waals surface area contributed by atoms with Gasteiger partial charge in [0.25, 0.3) is 0 Å². The predicted molar refractivity (Wildman–Crippen MR) is 73.3 cm³/mol. The standard InChI is InChI=1S/C14H23Br/c1-2-3-4-5-6-7-8-9-10-11-12-13-14-15/h3-4H,2,7-14H2,1H3/b4-3-. The molecule has 0 aliphatic heterocycles. The molecule has 0 unspecified atom stereocenters. The quantitative estimate of drug-likeness (QED) is 0.328. The van der Waals surface area contributed by atoms with Crippen LogP contribution in [-0.2, 0) is 0 Å². The van der Waals surface area contributed by atoms with Crippen LogP contribution < -0.4 is 0 Å². The van der Waals surface area contributed by atoms with Crippen molar-refractivity contribution in [2.75, 3.05) is 5.33 Å². The lowest BCUT2D eigenvalue weighted by molar-refractivity contribution is 0.616. The lowest BCUT2D eigenvalue weighted by Gasteiger charge is -1.97. The molecule has 0 heterocycles. The summed E-state index contributed by atoms with van der Waals surface area (Å²) < 4.78 is 0. The zero-order chi connectivity index (χ0) is 11.2. The van der Waals surface area contributed by atoms with Crippen LogP contribution >= 0.6 is 15.9 Å². The maximum Gasteiger partial charge on any atom is 0.00922 e. The monoisotopic (exact) mass is 270 g/mol. The smallest absolute Gasteiger partial charge is 0.00922 e. The Morgan fingerprint density at radius 3 is 2.33 bits per heavy atom. The summed E-state index contributed by atoms with van der Waals surface area (Å²) in [6.45, 7) is 2.13. The van der Waals surface area contributed by atoms with Crippen LogP contribution in [-0.4, -0.2) is 5.33 Å². The summed E-state index contributed by atoms with van der Waals surface area (Å²) in [5.74, 6) is 6.24. The van der Waals surface area contributed by atoms with Crippen molar-refractivity contribution in [3.05, 3.63) is 12.2 Å². The van der Waals surface area contributed by atoms with Gasteiger partial charge in [0.05, 0.1) is 0 Å². The first-order chi connectivity index (χ1) is 7.41. The largest absolute Gasteiger partial charge is 0.0985 e. The molecule has 0 nitrogen and oxygen atoms in total. The van der Waals surface area contributed by atoms with E-state index in [4.69, 9.17) is 0 Å². The second-order valence-corrected chi connectivity index (χ2v) is 4.49. The molecule has 0 rings (SSSR count). The Morgan fingerprint density at radius 1 is 1.00 bits per heavy atom. The van der Waals surface area contributed by atoms with E-state index in [0.717, 1.165) is 18.2 Å². The van der Waals surface area contributed by atoms with Gasteiger partial charge in [0.1, 0.15) is 0 Å². The van der Waals surface area contributed by atoms with Gasteiger partial charge in [0, 0.05) is 11.8 Å². The van der Waals surface area contributed by atoms with E-state index in [1.165, 1.54) is 38.5 Å². The van der Waals surface area contributed by atoms with Gasteiger partial charge in [-0.15, -0.1) is 0 Å². The van der Waals surface area contributed by atoms with E-state index >= 15 is 0 Å². The fraction of sp³-hybridized carbons (Fsp3) is 0.714. The molecule has 0 N–H and O–H groups in total. The average molecular weight is 271 g/mol. The molecule has 0 aliphatic rings. The summed E-state index contributed by atoms with van der Waals surface area (Å²) in [5.41, 5.74) is 0. The molecule has 15 heavy (non-hydrogen) atoms. The second-order valence-electron chi connectivity index (χ2n) is 3.69. The van der Waals surface area contributed by atoms with Crippen molar-refractivity contribution in [3.8, 4) is 11.8 Å². The Balaban J connectivity index is 3.09. The molecule has 0 amide bonds. The number of allylic oxidation sites excluding steroid dienone is 2. The topological polar surface area (TPSA) is 0 Å². The van der Waals surface area contributed by atoms with Gasteiger partial charge in [-0.1, -0.05) is 66.5 Å². The zero-order valence-electron chi connectivity index (χ0n) is 9.90. The van der Waals surface area contributed by atoms with Crippen LogP contribution in [0.4, 0.5) is 0 Å². The zero-order valence-corrected chi connectivity index (χ0v) is 11.5. The van der Waals surface area contributed by atoms with E-state index in [1.807, 2.05) is 6.08 Å². The van der Waals surface area contributed by atoms with Gasteiger partial charge in [0.2, 0.25) is 0 Å². The van der Waals surface area contributed by atoms with Crippen molar-refractivity contribution in [1.29, 1.82) is 0 Å². The highest BCUT2D eigenvalue weighted by Gasteiger charge is 1.89. The van der Waals surface area contributed by atoms with Gasteiger partial charge >= 0.3 is 0 Å². The van der Waals surface area contributed by atoms with E-state index in [2.05, 4.69) is 40.8 Å². The summed E-state index contributed by atoms with van der Waals surface area (Å²) in [5, 5.41) is 1.15. The summed E-state index contributed by atoms with van der Waals surface area (Å²) in [6, 6.07) is 0. The summed E-state index contributed by atoms with van der Waals surface area (Å²) in [7, 11) is 0. The first kappa shape index (κ1) is 14.8. The van der Waals surface area contributed by atoms with Gasteiger partial charge in [-0.2, -0.15) is 0 Å². The number of rotatable bonds is 8. The number of halogens is 1. The minimum absolute atomic E-state index is 1.06. The van der Waals surface area contributed by atoms with Crippen LogP contribution in [0.5, 0.6) is 0 Å². The maximum absolute atomic E-state index is 3.45. The Kier molecular flexibility index (Phi) is 13.6. The van der Waals surface area contributed by atoms with Crippen LogP contribution in [0.1, 0.15) is 58.3 Å². The van der Waals surface area contributed by atoms with Gasteiger partial charge in [-0.3, -0.25) is 0 Å². The van der Waals surface area contributed by atoms with E-state index in [9.17, 15) is 0 Å². The highest BCUT2D eigenvalue weighted by atomic mass is 79.9. The lowest BCUT2D eigenvalue weighted by atomic mass is 10.1. The molecule has 0 aromatic heterocycles. The van der Waals surface area contributed by atoms with Crippen molar-refractivity contribution in [1.82, 2.24) is 0 Å². The normalized spacial score (nSPS) is 10.3. The number of unbranched alkanes of at least 4 members (excludes halogenated alkanes) is 6. The molecular formula is C14H23Br. The fourth-order valence-corrected chi connectivity index (χ4v) is 1.72. The van der Waals surface area contributed by atoms with Crippen molar-refractivity contribution >= 4 is 15.9 Å². The van der Waals surface area contributed by atoms with Crippen molar-refractivity contribution < 1.29 is 0 Å². The van der Waals surface area contributed by atoms with Gasteiger partial charge in [0.15, 0.2) is 0 Å².